The quantitative estimate of drug-likeness (QED) is 0.753. The van der Waals surface area contributed by atoms with E-state index in [1.165, 1.54) is 16.8 Å². The molecule has 5 nitrogen and oxygen atoms in total. The number of H-pyrrole nitrogens is 1. The third-order valence-corrected chi connectivity index (χ3v) is 3.70. The smallest absolute Gasteiger partial charge is 0.279 e. The van der Waals surface area contributed by atoms with E-state index < -0.39 is 5.97 Å². The highest BCUT2D eigenvalue weighted by atomic mass is 16.4. The third-order valence-electron chi connectivity index (χ3n) is 3.70. The van der Waals surface area contributed by atoms with Crippen molar-refractivity contribution in [1.82, 2.24) is 9.78 Å². The van der Waals surface area contributed by atoms with Crippen LogP contribution in [0.1, 0.15) is 15.9 Å². The Balaban J connectivity index is 2.02. The maximum absolute atomic E-state index is 12.6. The molecule has 2 aromatic carbocycles. The summed E-state index contributed by atoms with van der Waals surface area (Å²) in [5.74, 6) is -1.30. The molecule has 0 fully saturated rings. The van der Waals surface area contributed by atoms with Gasteiger partial charge in [-0.05, 0) is 29.3 Å². The SMILES string of the molecule is C=c1[nH]n(-c2cccc(C(=O)[O-])c2)c(=O)c1=C/C=C/c1ccccc1. The highest BCUT2D eigenvalue weighted by Crippen LogP contribution is 2.06. The standard InChI is InChI=1S/C20H16N2O3/c1-14-18(12-5-9-15-7-3-2-4-8-15)19(23)22(21-14)17-11-6-10-16(13-17)20(24)25/h2-13,21H,1H2,(H,24,25)/p-1/b9-5+,18-12?. The molecule has 0 saturated heterocycles. The second-order valence-electron chi connectivity index (χ2n) is 5.42. The van der Waals surface area contributed by atoms with Crippen molar-refractivity contribution in [1.29, 1.82) is 0 Å². The average Bonchev–Trinajstić information content (AvgIpc) is 2.91. The molecule has 5 heteroatoms. The lowest BCUT2D eigenvalue weighted by Crippen LogP contribution is -2.33. The summed E-state index contributed by atoms with van der Waals surface area (Å²) < 4.78 is 1.26. The molecule has 25 heavy (non-hydrogen) atoms. The van der Waals surface area contributed by atoms with Crippen molar-refractivity contribution in [3.8, 4) is 5.69 Å². The summed E-state index contributed by atoms with van der Waals surface area (Å²) in [6.45, 7) is 3.84. The highest BCUT2D eigenvalue weighted by molar-refractivity contribution is 5.86. The molecule has 0 spiro atoms. The first-order valence-electron chi connectivity index (χ1n) is 7.61. The van der Waals surface area contributed by atoms with Crippen LogP contribution in [0.5, 0.6) is 0 Å². The fraction of sp³-hybridized carbons (Fsp3) is 0. The summed E-state index contributed by atoms with van der Waals surface area (Å²) in [7, 11) is 0. The molecule has 1 N–H and O–H groups in total. The Morgan fingerprint density at radius 1 is 1.12 bits per heavy atom. The summed E-state index contributed by atoms with van der Waals surface area (Å²) >= 11 is 0. The zero-order valence-corrected chi connectivity index (χ0v) is 13.3. The molecule has 0 aliphatic heterocycles. The number of carboxylic acid groups (broad SMARTS) is 1. The largest absolute Gasteiger partial charge is 0.545 e. The molecular weight excluding hydrogens is 316 g/mol. The molecule has 1 heterocycles. The number of aromatic nitrogens is 2. The van der Waals surface area contributed by atoms with Crippen LogP contribution in [0.2, 0.25) is 0 Å². The molecular formula is C20H15N2O3-. The fourth-order valence-electron chi connectivity index (χ4n) is 2.44. The number of nitrogens with one attached hydrogen (secondary N) is 1. The first-order valence-corrected chi connectivity index (χ1v) is 7.61. The van der Waals surface area contributed by atoms with Crippen LogP contribution in [0.25, 0.3) is 24.4 Å². The van der Waals surface area contributed by atoms with Gasteiger partial charge in [0.05, 0.1) is 22.2 Å². The fourth-order valence-corrected chi connectivity index (χ4v) is 2.44. The number of carbonyl (C=O) groups is 1. The van der Waals surface area contributed by atoms with Crippen LogP contribution >= 0.6 is 0 Å². The molecule has 0 unspecified atom stereocenters. The molecule has 0 aliphatic rings. The lowest BCUT2D eigenvalue weighted by atomic mass is 10.2. The van der Waals surface area contributed by atoms with Crippen LogP contribution in [-0.2, 0) is 0 Å². The van der Waals surface area contributed by atoms with E-state index in [9.17, 15) is 14.7 Å². The number of carboxylic acids is 1. The Kier molecular flexibility index (Phi) is 4.48. The van der Waals surface area contributed by atoms with Gasteiger partial charge < -0.3 is 9.90 Å². The molecule has 0 amide bonds. The lowest BCUT2D eigenvalue weighted by Gasteiger charge is -2.05. The van der Waals surface area contributed by atoms with Crippen molar-refractivity contribution in [3.63, 3.8) is 0 Å². The first-order chi connectivity index (χ1) is 12.1. The van der Waals surface area contributed by atoms with Crippen LogP contribution in [0.3, 0.4) is 0 Å². The van der Waals surface area contributed by atoms with Crippen LogP contribution < -0.4 is 21.2 Å². The van der Waals surface area contributed by atoms with Gasteiger partial charge in [0.25, 0.3) is 5.56 Å². The average molecular weight is 331 g/mol. The van der Waals surface area contributed by atoms with Gasteiger partial charge in [0.1, 0.15) is 0 Å². The van der Waals surface area contributed by atoms with Gasteiger partial charge in [0.15, 0.2) is 0 Å². The Labute approximate surface area is 143 Å². The third kappa shape index (κ3) is 3.50. The van der Waals surface area contributed by atoms with E-state index in [1.54, 1.807) is 24.3 Å². The number of rotatable bonds is 4. The molecule has 1 aromatic heterocycles. The summed E-state index contributed by atoms with van der Waals surface area (Å²) in [5.41, 5.74) is 1.11. The second kappa shape index (κ2) is 6.88. The van der Waals surface area contributed by atoms with E-state index in [-0.39, 0.29) is 11.1 Å². The predicted octanol–water partition coefficient (Wildman–Crippen LogP) is 0.433. The van der Waals surface area contributed by atoms with Crippen LogP contribution in [0.15, 0.2) is 65.5 Å². The van der Waals surface area contributed by atoms with Gasteiger partial charge in [-0.25, -0.2) is 4.68 Å². The summed E-state index contributed by atoms with van der Waals surface area (Å²) in [5, 5.41) is 14.7. The van der Waals surface area contributed by atoms with E-state index in [2.05, 4.69) is 11.7 Å². The Hall–Kier alpha value is -3.60. The van der Waals surface area contributed by atoms with E-state index in [0.29, 0.717) is 16.3 Å². The van der Waals surface area contributed by atoms with E-state index in [4.69, 9.17) is 0 Å². The first kappa shape index (κ1) is 16.3. The number of carbonyl (C=O) groups excluding carboxylic acids is 1. The van der Waals surface area contributed by atoms with Crippen molar-refractivity contribution in [3.05, 3.63) is 92.7 Å². The molecule has 0 bridgehead atoms. The van der Waals surface area contributed by atoms with Crippen LogP contribution in [0, 0.1) is 0 Å². The Morgan fingerprint density at radius 2 is 1.88 bits per heavy atom. The van der Waals surface area contributed by atoms with Crippen LogP contribution in [0.4, 0.5) is 0 Å². The number of aromatic carboxylic acids is 1. The maximum atomic E-state index is 12.6. The number of hydrogen-bond donors (Lipinski definition) is 1. The van der Waals surface area contributed by atoms with Gasteiger partial charge in [-0.15, -0.1) is 0 Å². The molecule has 3 aromatic rings. The summed E-state index contributed by atoms with van der Waals surface area (Å²) in [4.78, 5) is 23.6. The lowest BCUT2D eigenvalue weighted by molar-refractivity contribution is -0.255. The number of hydrogen-bond acceptors (Lipinski definition) is 3. The minimum Gasteiger partial charge on any atom is -0.545 e. The van der Waals surface area contributed by atoms with Gasteiger partial charge in [-0.3, -0.25) is 9.89 Å². The van der Waals surface area contributed by atoms with Gasteiger partial charge in [-0.2, -0.15) is 0 Å². The van der Waals surface area contributed by atoms with Gasteiger partial charge in [0.2, 0.25) is 0 Å². The van der Waals surface area contributed by atoms with Crippen molar-refractivity contribution < 1.29 is 9.90 Å². The Bertz CT molecular complexity index is 1110. The monoisotopic (exact) mass is 331 g/mol. The van der Waals surface area contributed by atoms with Crippen molar-refractivity contribution in [2.75, 3.05) is 0 Å². The summed E-state index contributed by atoms with van der Waals surface area (Å²) in [6.07, 6.45) is 5.33. The minimum absolute atomic E-state index is 0.000819. The predicted molar refractivity (Wildman–Crippen MR) is 95.4 cm³/mol. The molecule has 124 valence electrons. The summed E-state index contributed by atoms with van der Waals surface area (Å²) in [6, 6.07) is 15.7. The number of aromatic amines is 1. The molecule has 0 atom stereocenters. The highest BCUT2D eigenvalue weighted by Gasteiger charge is 2.05. The van der Waals surface area contributed by atoms with Gasteiger partial charge in [0, 0.05) is 0 Å². The van der Waals surface area contributed by atoms with E-state index >= 15 is 0 Å². The Morgan fingerprint density at radius 3 is 2.60 bits per heavy atom. The maximum Gasteiger partial charge on any atom is 0.279 e. The zero-order chi connectivity index (χ0) is 17.8. The zero-order valence-electron chi connectivity index (χ0n) is 13.3. The molecule has 3 rings (SSSR count). The van der Waals surface area contributed by atoms with Gasteiger partial charge in [-0.1, -0.05) is 61.2 Å². The van der Waals surface area contributed by atoms with Gasteiger partial charge >= 0.3 is 0 Å². The molecule has 0 radical (unpaired) electrons. The number of allylic oxidation sites excluding steroid dienone is 1. The van der Waals surface area contributed by atoms with Crippen molar-refractivity contribution in [2.45, 2.75) is 0 Å². The number of benzene rings is 2. The van der Waals surface area contributed by atoms with Crippen LogP contribution in [-0.4, -0.2) is 15.7 Å². The molecule has 0 aliphatic carbocycles. The number of nitrogens with zero attached hydrogens (tertiary/aromatic N) is 1. The topological polar surface area (TPSA) is 77.9 Å². The second-order valence-corrected chi connectivity index (χ2v) is 5.42. The van der Waals surface area contributed by atoms with Crippen molar-refractivity contribution >= 4 is 24.7 Å². The van der Waals surface area contributed by atoms with E-state index in [1.807, 2.05) is 36.4 Å². The normalized spacial score (nSPS) is 11.9. The molecule has 0 saturated carbocycles. The minimum atomic E-state index is -1.30. The van der Waals surface area contributed by atoms with E-state index in [0.717, 1.165) is 5.56 Å². The van der Waals surface area contributed by atoms with Crippen molar-refractivity contribution in [2.24, 2.45) is 0 Å².